The molecule has 4 heteroatoms. The van der Waals surface area contributed by atoms with Crippen molar-refractivity contribution in [2.75, 3.05) is 6.61 Å². The lowest BCUT2D eigenvalue weighted by Crippen LogP contribution is -2.18. The zero-order chi connectivity index (χ0) is 14.5. The van der Waals surface area contributed by atoms with Crippen molar-refractivity contribution in [1.82, 2.24) is 0 Å². The standard InChI is InChI=1S/C16H15BrO3/c1-11-4-3-5-12(2)16(11)19-10-15(18)20-14-8-6-13(17)7-9-14/h3-9H,10H2,1-2H3. The molecule has 20 heavy (non-hydrogen) atoms. The van der Waals surface area contributed by atoms with Crippen LogP contribution in [0, 0.1) is 13.8 Å². The number of hydrogen-bond acceptors (Lipinski definition) is 3. The van der Waals surface area contributed by atoms with Gasteiger partial charge in [-0.2, -0.15) is 0 Å². The monoisotopic (exact) mass is 334 g/mol. The van der Waals surface area contributed by atoms with Crippen LogP contribution in [0.5, 0.6) is 11.5 Å². The highest BCUT2D eigenvalue weighted by molar-refractivity contribution is 9.10. The molecule has 0 bridgehead atoms. The molecule has 3 nitrogen and oxygen atoms in total. The number of benzene rings is 2. The Balaban J connectivity index is 1.94. The predicted molar refractivity (Wildman–Crippen MR) is 81.2 cm³/mol. The largest absolute Gasteiger partial charge is 0.481 e. The molecule has 0 aliphatic heterocycles. The lowest BCUT2D eigenvalue weighted by Gasteiger charge is -2.11. The maximum atomic E-state index is 11.7. The van der Waals surface area contributed by atoms with Crippen molar-refractivity contribution in [1.29, 1.82) is 0 Å². The lowest BCUT2D eigenvalue weighted by atomic mass is 10.1. The molecule has 104 valence electrons. The second kappa shape index (κ2) is 6.57. The quantitative estimate of drug-likeness (QED) is 0.625. The smallest absolute Gasteiger partial charge is 0.349 e. The van der Waals surface area contributed by atoms with Crippen molar-refractivity contribution in [3.63, 3.8) is 0 Å². The molecule has 0 radical (unpaired) electrons. The molecule has 0 heterocycles. The summed E-state index contributed by atoms with van der Waals surface area (Å²) >= 11 is 3.32. The Labute approximate surface area is 126 Å². The molecule has 0 aliphatic rings. The van der Waals surface area contributed by atoms with Crippen molar-refractivity contribution in [3.8, 4) is 11.5 Å². The topological polar surface area (TPSA) is 35.5 Å². The Morgan fingerprint density at radius 2 is 1.65 bits per heavy atom. The van der Waals surface area contributed by atoms with E-state index in [-0.39, 0.29) is 6.61 Å². The highest BCUT2D eigenvalue weighted by Gasteiger charge is 2.09. The SMILES string of the molecule is Cc1cccc(C)c1OCC(=O)Oc1ccc(Br)cc1. The van der Waals surface area contributed by atoms with Gasteiger partial charge in [-0.05, 0) is 49.2 Å². The van der Waals surface area contributed by atoms with E-state index in [9.17, 15) is 4.79 Å². The summed E-state index contributed by atoms with van der Waals surface area (Å²) in [4.78, 5) is 11.7. The van der Waals surface area contributed by atoms with Gasteiger partial charge in [0.25, 0.3) is 0 Å². The minimum Gasteiger partial charge on any atom is -0.481 e. The summed E-state index contributed by atoms with van der Waals surface area (Å²) in [7, 11) is 0. The van der Waals surface area contributed by atoms with Gasteiger partial charge < -0.3 is 9.47 Å². The molecule has 0 fully saturated rings. The molecule has 0 atom stereocenters. The van der Waals surface area contributed by atoms with E-state index in [0.717, 1.165) is 21.3 Å². The van der Waals surface area contributed by atoms with Gasteiger partial charge >= 0.3 is 5.97 Å². The summed E-state index contributed by atoms with van der Waals surface area (Å²) < 4.78 is 11.7. The summed E-state index contributed by atoms with van der Waals surface area (Å²) in [6.45, 7) is 3.78. The summed E-state index contributed by atoms with van der Waals surface area (Å²) in [6.07, 6.45) is 0. The van der Waals surface area contributed by atoms with Crippen molar-refractivity contribution in [3.05, 3.63) is 58.1 Å². The molecule has 0 N–H and O–H groups in total. The van der Waals surface area contributed by atoms with Crippen LogP contribution in [-0.2, 0) is 4.79 Å². The molecule has 0 saturated carbocycles. The number of hydrogen-bond donors (Lipinski definition) is 0. The van der Waals surface area contributed by atoms with Gasteiger partial charge in [0.1, 0.15) is 11.5 Å². The van der Waals surface area contributed by atoms with Gasteiger partial charge in [0.15, 0.2) is 6.61 Å². The van der Waals surface area contributed by atoms with E-state index < -0.39 is 5.97 Å². The molecule has 0 aromatic heterocycles. The Morgan fingerprint density at radius 1 is 1.05 bits per heavy atom. The fourth-order valence-electron chi connectivity index (χ4n) is 1.82. The van der Waals surface area contributed by atoms with Crippen LogP contribution in [0.1, 0.15) is 11.1 Å². The van der Waals surface area contributed by atoms with Crippen LogP contribution in [0.15, 0.2) is 46.9 Å². The zero-order valence-electron chi connectivity index (χ0n) is 11.4. The number of para-hydroxylation sites is 1. The van der Waals surface area contributed by atoms with E-state index in [1.165, 1.54) is 0 Å². The summed E-state index contributed by atoms with van der Waals surface area (Å²) in [5, 5.41) is 0. The van der Waals surface area contributed by atoms with Crippen molar-refractivity contribution in [2.24, 2.45) is 0 Å². The van der Waals surface area contributed by atoms with Crippen LogP contribution >= 0.6 is 15.9 Å². The van der Waals surface area contributed by atoms with Crippen molar-refractivity contribution < 1.29 is 14.3 Å². The highest BCUT2D eigenvalue weighted by atomic mass is 79.9. The molecule has 2 rings (SSSR count). The van der Waals surface area contributed by atoms with Gasteiger partial charge in [-0.3, -0.25) is 0 Å². The second-order valence-corrected chi connectivity index (χ2v) is 5.35. The fraction of sp³-hybridized carbons (Fsp3) is 0.188. The van der Waals surface area contributed by atoms with Crippen molar-refractivity contribution in [2.45, 2.75) is 13.8 Å². The summed E-state index contributed by atoms with van der Waals surface area (Å²) in [5.41, 5.74) is 2.00. The van der Waals surface area contributed by atoms with Gasteiger partial charge in [0.05, 0.1) is 0 Å². The van der Waals surface area contributed by atoms with E-state index >= 15 is 0 Å². The van der Waals surface area contributed by atoms with E-state index in [1.807, 2.05) is 44.2 Å². The summed E-state index contributed by atoms with van der Waals surface area (Å²) in [5.74, 6) is 0.818. The number of ether oxygens (including phenoxy) is 2. The summed E-state index contributed by atoms with van der Waals surface area (Å²) in [6, 6.07) is 12.9. The number of esters is 1. The Morgan fingerprint density at radius 3 is 2.25 bits per heavy atom. The minimum atomic E-state index is -0.421. The zero-order valence-corrected chi connectivity index (χ0v) is 12.9. The van der Waals surface area contributed by atoms with Crippen LogP contribution in [0.2, 0.25) is 0 Å². The first-order chi connectivity index (χ1) is 9.56. The number of rotatable bonds is 4. The van der Waals surface area contributed by atoms with Crippen molar-refractivity contribution >= 4 is 21.9 Å². The third kappa shape index (κ3) is 3.84. The maximum Gasteiger partial charge on any atom is 0.349 e. The molecule has 0 amide bonds. The molecule has 0 aliphatic carbocycles. The number of aryl methyl sites for hydroxylation is 2. The third-order valence-electron chi connectivity index (χ3n) is 2.79. The molecular weight excluding hydrogens is 320 g/mol. The fourth-order valence-corrected chi connectivity index (χ4v) is 2.09. The van der Waals surface area contributed by atoms with Crippen LogP contribution in [0.3, 0.4) is 0 Å². The number of carbonyl (C=O) groups is 1. The van der Waals surface area contributed by atoms with Gasteiger partial charge in [0.2, 0.25) is 0 Å². The number of carbonyl (C=O) groups excluding carboxylic acids is 1. The lowest BCUT2D eigenvalue weighted by molar-refractivity contribution is -0.136. The first kappa shape index (κ1) is 14.6. The minimum absolute atomic E-state index is 0.109. The van der Waals surface area contributed by atoms with Gasteiger partial charge in [0, 0.05) is 4.47 Å². The van der Waals surface area contributed by atoms with Gasteiger partial charge in [-0.25, -0.2) is 4.79 Å². The molecule has 0 spiro atoms. The average Bonchev–Trinajstić information content (AvgIpc) is 2.41. The Bertz CT molecular complexity index is 585. The first-order valence-electron chi connectivity index (χ1n) is 6.21. The van der Waals surface area contributed by atoms with E-state index in [1.54, 1.807) is 12.1 Å². The van der Waals surface area contributed by atoms with E-state index in [0.29, 0.717) is 5.75 Å². The molecule has 0 unspecified atom stereocenters. The third-order valence-corrected chi connectivity index (χ3v) is 3.32. The first-order valence-corrected chi connectivity index (χ1v) is 7.01. The van der Waals surface area contributed by atoms with Crippen LogP contribution in [-0.4, -0.2) is 12.6 Å². The molecule has 0 saturated heterocycles. The van der Waals surface area contributed by atoms with Crippen LogP contribution < -0.4 is 9.47 Å². The molecule has 2 aromatic rings. The predicted octanol–water partition coefficient (Wildman–Crippen LogP) is 4.05. The maximum absolute atomic E-state index is 11.7. The van der Waals surface area contributed by atoms with E-state index in [2.05, 4.69) is 15.9 Å². The van der Waals surface area contributed by atoms with E-state index in [4.69, 9.17) is 9.47 Å². The highest BCUT2D eigenvalue weighted by Crippen LogP contribution is 2.22. The average molecular weight is 335 g/mol. The van der Waals surface area contributed by atoms with Gasteiger partial charge in [-0.15, -0.1) is 0 Å². The Kier molecular flexibility index (Phi) is 4.79. The van der Waals surface area contributed by atoms with Crippen LogP contribution in [0.4, 0.5) is 0 Å². The second-order valence-electron chi connectivity index (χ2n) is 4.44. The van der Waals surface area contributed by atoms with Crippen LogP contribution in [0.25, 0.3) is 0 Å². The Hall–Kier alpha value is -1.81. The number of halogens is 1. The molecule has 2 aromatic carbocycles. The molecular formula is C16H15BrO3. The van der Waals surface area contributed by atoms with Gasteiger partial charge in [-0.1, -0.05) is 34.1 Å². The normalized spacial score (nSPS) is 10.2.